The third kappa shape index (κ3) is 3.22. The zero-order chi connectivity index (χ0) is 15.5. The highest BCUT2D eigenvalue weighted by molar-refractivity contribution is 6.28. The van der Waals surface area contributed by atoms with Gasteiger partial charge in [0.05, 0.1) is 6.26 Å². The Balaban J connectivity index is 1.63. The second kappa shape index (κ2) is 6.36. The van der Waals surface area contributed by atoms with Crippen LogP contribution in [0.3, 0.4) is 0 Å². The minimum atomic E-state index is -0.115. The molecule has 0 radical (unpaired) electrons. The largest absolute Gasteiger partial charge is 0.459 e. The first-order valence-electron chi connectivity index (χ1n) is 7.26. The second-order valence-corrected chi connectivity index (χ2v) is 5.72. The summed E-state index contributed by atoms with van der Waals surface area (Å²) < 4.78 is 5.42. The number of hydrogen-bond acceptors (Lipinski definition) is 5. The molecular formula is C15H17ClN4O2. The zero-order valence-electron chi connectivity index (χ0n) is 12.0. The van der Waals surface area contributed by atoms with Gasteiger partial charge < -0.3 is 15.1 Å². The standard InChI is InChI=1S/C15H17ClN4O2/c1-2-12(21)17-9-3-5-10(6-4-9)18-14-13-11(7-8-22-13)19-15(16)20-14/h2,7-10H,1,3-6H2,(H,17,21)(H,18,19,20)/t9-,10+. The van der Waals surface area contributed by atoms with E-state index in [2.05, 4.69) is 27.2 Å². The molecule has 0 bridgehead atoms. The number of halogens is 1. The fourth-order valence-corrected chi connectivity index (χ4v) is 2.94. The topological polar surface area (TPSA) is 80.0 Å². The van der Waals surface area contributed by atoms with Gasteiger partial charge in [0.25, 0.3) is 0 Å². The van der Waals surface area contributed by atoms with Gasteiger partial charge >= 0.3 is 0 Å². The van der Waals surface area contributed by atoms with Crippen LogP contribution in [-0.4, -0.2) is 28.0 Å². The van der Waals surface area contributed by atoms with Gasteiger partial charge in [-0.15, -0.1) is 0 Å². The highest BCUT2D eigenvalue weighted by atomic mass is 35.5. The lowest BCUT2D eigenvalue weighted by molar-refractivity contribution is -0.117. The summed E-state index contributed by atoms with van der Waals surface area (Å²) in [6.45, 7) is 3.47. The SMILES string of the molecule is C=CC(=O)N[C@H]1CC[C@@H](Nc2nc(Cl)nc3ccoc23)CC1. The van der Waals surface area contributed by atoms with Crippen LogP contribution in [0.2, 0.25) is 5.28 Å². The number of nitrogens with one attached hydrogen (secondary N) is 2. The van der Waals surface area contributed by atoms with Gasteiger partial charge in [-0.1, -0.05) is 6.58 Å². The Labute approximate surface area is 133 Å². The summed E-state index contributed by atoms with van der Waals surface area (Å²) >= 11 is 5.93. The fourth-order valence-electron chi connectivity index (χ4n) is 2.77. The Bertz CT molecular complexity index is 692. The predicted octanol–water partition coefficient (Wildman–Crippen LogP) is 2.90. The van der Waals surface area contributed by atoms with E-state index in [9.17, 15) is 4.79 Å². The second-order valence-electron chi connectivity index (χ2n) is 5.38. The number of fused-ring (bicyclic) bond motifs is 1. The van der Waals surface area contributed by atoms with Crippen molar-refractivity contribution in [3.63, 3.8) is 0 Å². The molecule has 0 unspecified atom stereocenters. The number of aromatic nitrogens is 2. The molecule has 1 saturated carbocycles. The Morgan fingerprint density at radius 2 is 2.05 bits per heavy atom. The third-order valence-corrected chi connectivity index (χ3v) is 4.05. The smallest absolute Gasteiger partial charge is 0.243 e. The van der Waals surface area contributed by atoms with Gasteiger partial charge in [-0.05, 0) is 43.4 Å². The summed E-state index contributed by atoms with van der Waals surface area (Å²) in [6.07, 6.45) is 6.58. The summed E-state index contributed by atoms with van der Waals surface area (Å²) in [4.78, 5) is 19.6. The van der Waals surface area contributed by atoms with Gasteiger partial charge in [-0.3, -0.25) is 4.79 Å². The number of anilines is 1. The van der Waals surface area contributed by atoms with Crippen molar-refractivity contribution < 1.29 is 9.21 Å². The maximum absolute atomic E-state index is 11.3. The van der Waals surface area contributed by atoms with E-state index in [1.165, 1.54) is 6.08 Å². The van der Waals surface area contributed by atoms with Gasteiger partial charge in [-0.2, -0.15) is 4.98 Å². The quantitative estimate of drug-likeness (QED) is 0.669. The minimum absolute atomic E-state index is 0.115. The molecule has 0 spiro atoms. The molecular weight excluding hydrogens is 304 g/mol. The first-order chi connectivity index (χ1) is 10.7. The Morgan fingerprint density at radius 1 is 1.32 bits per heavy atom. The van der Waals surface area contributed by atoms with Crippen LogP contribution in [0, 0.1) is 0 Å². The number of hydrogen-bond donors (Lipinski definition) is 2. The summed E-state index contributed by atoms with van der Waals surface area (Å²) in [5, 5.41) is 6.51. The van der Waals surface area contributed by atoms with E-state index in [1.807, 2.05) is 0 Å². The Hall–Kier alpha value is -2.08. The molecule has 0 saturated heterocycles. The fraction of sp³-hybridized carbons (Fsp3) is 0.400. The Kier molecular flexibility index (Phi) is 4.29. The first-order valence-corrected chi connectivity index (χ1v) is 7.63. The van der Waals surface area contributed by atoms with Crippen LogP contribution in [-0.2, 0) is 4.79 Å². The van der Waals surface area contributed by atoms with Crippen LogP contribution in [0.25, 0.3) is 11.1 Å². The third-order valence-electron chi connectivity index (χ3n) is 3.88. The molecule has 3 rings (SSSR count). The molecule has 116 valence electrons. The predicted molar refractivity (Wildman–Crippen MR) is 84.8 cm³/mol. The van der Waals surface area contributed by atoms with Gasteiger partial charge in [0.2, 0.25) is 11.2 Å². The van der Waals surface area contributed by atoms with E-state index < -0.39 is 0 Å². The first kappa shape index (κ1) is 14.8. The summed E-state index contributed by atoms with van der Waals surface area (Å²) in [5.41, 5.74) is 1.31. The molecule has 2 heterocycles. The van der Waals surface area contributed by atoms with Crippen molar-refractivity contribution in [1.29, 1.82) is 0 Å². The molecule has 2 aromatic heterocycles. The van der Waals surface area contributed by atoms with Crippen LogP contribution < -0.4 is 10.6 Å². The number of carbonyl (C=O) groups is 1. The van der Waals surface area contributed by atoms with Crippen molar-refractivity contribution in [1.82, 2.24) is 15.3 Å². The van der Waals surface area contributed by atoms with Gasteiger partial charge in [-0.25, -0.2) is 4.98 Å². The van der Waals surface area contributed by atoms with E-state index in [0.717, 1.165) is 25.7 Å². The number of nitrogens with zero attached hydrogens (tertiary/aromatic N) is 2. The lowest BCUT2D eigenvalue weighted by Gasteiger charge is -2.29. The van der Waals surface area contributed by atoms with Crippen LogP contribution in [0.5, 0.6) is 0 Å². The monoisotopic (exact) mass is 320 g/mol. The van der Waals surface area contributed by atoms with Crippen molar-refractivity contribution in [2.75, 3.05) is 5.32 Å². The van der Waals surface area contributed by atoms with Crippen molar-refractivity contribution in [2.45, 2.75) is 37.8 Å². The molecule has 1 aliphatic rings. The molecule has 0 aromatic carbocycles. The molecule has 0 aliphatic heterocycles. The van der Waals surface area contributed by atoms with Crippen molar-refractivity contribution >= 4 is 34.4 Å². The Morgan fingerprint density at radius 3 is 2.77 bits per heavy atom. The number of furan rings is 1. The van der Waals surface area contributed by atoms with Crippen LogP contribution in [0.15, 0.2) is 29.4 Å². The lowest BCUT2D eigenvalue weighted by atomic mass is 9.91. The van der Waals surface area contributed by atoms with Gasteiger partial charge in [0.1, 0.15) is 5.52 Å². The van der Waals surface area contributed by atoms with Gasteiger partial charge in [0, 0.05) is 18.2 Å². The van der Waals surface area contributed by atoms with E-state index in [1.54, 1.807) is 12.3 Å². The number of amides is 1. The minimum Gasteiger partial charge on any atom is -0.459 e. The average molecular weight is 321 g/mol. The molecule has 7 heteroatoms. The maximum Gasteiger partial charge on any atom is 0.243 e. The summed E-state index contributed by atoms with van der Waals surface area (Å²) in [6, 6.07) is 2.24. The highest BCUT2D eigenvalue weighted by Crippen LogP contribution is 2.27. The van der Waals surface area contributed by atoms with Crippen molar-refractivity contribution in [3.05, 3.63) is 30.3 Å². The lowest BCUT2D eigenvalue weighted by Crippen LogP contribution is -2.39. The van der Waals surface area contributed by atoms with E-state index in [4.69, 9.17) is 16.0 Å². The van der Waals surface area contributed by atoms with Crippen LogP contribution >= 0.6 is 11.6 Å². The van der Waals surface area contributed by atoms with Gasteiger partial charge in [0.15, 0.2) is 11.4 Å². The molecule has 1 fully saturated rings. The molecule has 1 amide bonds. The summed E-state index contributed by atoms with van der Waals surface area (Å²) in [7, 11) is 0. The highest BCUT2D eigenvalue weighted by Gasteiger charge is 2.23. The maximum atomic E-state index is 11.3. The molecule has 2 aromatic rings. The molecule has 2 N–H and O–H groups in total. The zero-order valence-corrected chi connectivity index (χ0v) is 12.8. The average Bonchev–Trinajstić information content (AvgIpc) is 2.97. The molecule has 6 nitrogen and oxygen atoms in total. The molecule has 22 heavy (non-hydrogen) atoms. The van der Waals surface area contributed by atoms with E-state index >= 15 is 0 Å². The van der Waals surface area contributed by atoms with E-state index in [0.29, 0.717) is 16.9 Å². The van der Waals surface area contributed by atoms with Crippen molar-refractivity contribution in [3.8, 4) is 0 Å². The molecule has 1 aliphatic carbocycles. The number of carbonyl (C=O) groups excluding carboxylic acids is 1. The van der Waals surface area contributed by atoms with Crippen LogP contribution in [0.1, 0.15) is 25.7 Å². The van der Waals surface area contributed by atoms with Crippen molar-refractivity contribution in [2.24, 2.45) is 0 Å². The van der Waals surface area contributed by atoms with E-state index in [-0.39, 0.29) is 23.3 Å². The normalized spacial score (nSPS) is 21.5. The molecule has 0 atom stereocenters. The number of rotatable bonds is 4. The van der Waals surface area contributed by atoms with Crippen LogP contribution in [0.4, 0.5) is 5.82 Å². The summed E-state index contributed by atoms with van der Waals surface area (Å²) in [5.74, 6) is 0.509.